The van der Waals surface area contributed by atoms with Gasteiger partial charge >= 0.3 is 5.97 Å². The summed E-state index contributed by atoms with van der Waals surface area (Å²) in [6.45, 7) is 2.82. The summed E-state index contributed by atoms with van der Waals surface area (Å²) in [4.78, 5) is 27.4. The Morgan fingerprint density at radius 3 is 2.60 bits per heavy atom. The highest BCUT2D eigenvalue weighted by Crippen LogP contribution is 2.28. The maximum Gasteiger partial charge on any atom is 0.359 e. The van der Waals surface area contributed by atoms with Gasteiger partial charge in [-0.15, -0.1) is 0 Å². The van der Waals surface area contributed by atoms with Gasteiger partial charge in [-0.1, -0.05) is 23.7 Å². The van der Waals surface area contributed by atoms with E-state index in [1.54, 1.807) is 34.7 Å². The number of halogens is 2. The van der Waals surface area contributed by atoms with E-state index in [1.807, 2.05) is 30.3 Å². The van der Waals surface area contributed by atoms with Crippen LogP contribution in [0.1, 0.15) is 39.0 Å². The van der Waals surface area contributed by atoms with Crippen LogP contribution in [0.5, 0.6) is 0 Å². The average molecular weight is 489 g/mol. The van der Waals surface area contributed by atoms with E-state index < -0.39 is 5.97 Å². The van der Waals surface area contributed by atoms with Crippen LogP contribution in [0.3, 0.4) is 0 Å². The van der Waals surface area contributed by atoms with E-state index in [0.717, 1.165) is 21.4 Å². The summed E-state index contributed by atoms with van der Waals surface area (Å²) < 4.78 is 7.70. The molecule has 0 spiro atoms. The molecule has 0 saturated carbocycles. The summed E-state index contributed by atoms with van der Waals surface area (Å²) in [5, 5.41) is 5.17. The molecule has 154 valence electrons. The predicted octanol–water partition coefficient (Wildman–Crippen LogP) is 4.66. The molecule has 0 unspecified atom stereocenters. The van der Waals surface area contributed by atoms with Crippen molar-refractivity contribution in [2.24, 2.45) is 0 Å². The highest BCUT2D eigenvalue weighted by molar-refractivity contribution is 9.10. The second kappa shape index (κ2) is 8.62. The molecule has 3 aromatic rings. The Morgan fingerprint density at radius 1 is 1.17 bits per heavy atom. The first-order valence-corrected chi connectivity index (χ1v) is 10.7. The minimum atomic E-state index is -0.489. The minimum absolute atomic E-state index is 0.0952. The van der Waals surface area contributed by atoms with Crippen LogP contribution < -0.4 is 0 Å². The number of hydrogen-bond acceptors (Lipinski definition) is 4. The second-order valence-electron chi connectivity index (χ2n) is 6.84. The van der Waals surface area contributed by atoms with E-state index in [0.29, 0.717) is 23.6 Å². The molecular weight excluding hydrogens is 470 g/mol. The summed E-state index contributed by atoms with van der Waals surface area (Å²) >= 11 is 9.46. The van der Waals surface area contributed by atoms with Crippen molar-refractivity contribution in [3.63, 3.8) is 0 Å². The molecule has 8 heteroatoms. The maximum atomic E-state index is 13.1. The lowest BCUT2D eigenvalue weighted by Crippen LogP contribution is -2.37. The highest BCUT2D eigenvalue weighted by Gasteiger charge is 2.32. The quantitative estimate of drug-likeness (QED) is 0.501. The maximum absolute atomic E-state index is 13.1. The molecule has 4 rings (SSSR count). The van der Waals surface area contributed by atoms with Crippen LogP contribution in [0.15, 0.2) is 53.0 Å². The molecule has 0 aliphatic carbocycles. The minimum Gasteiger partial charge on any atom is -0.461 e. The van der Waals surface area contributed by atoms with Crippen molar-refractivity contribution < 1.29 is 14.3 Å². The van der Waals surface area contributed by atoms with Crippen molar-refractivity contribution in [1.29, 1.82) is 0 Å². The fraction of sp³-hybridized carbons (Fsp3) is 0.227. The first kappa shape index (κ1) is 20.6. The predicted molar refractivity (Wildman–Crippen MR) is 117 cm³/mol. The standard InChI is InChI=1S/C22H19BrClN3O3/c1-2-30-22(29)20-17-13-26(21(28)16-5-3-4-6-18(16)23)12-11-19(17)27(25-20)15-9-7-14(24)8-10-15/h3-10H,2,11-13H2,1H3. The van der Waals surface area contributed by atoms with Crippen LogP contribution in [-0.2, 0) is 17.7 Å². The van der Waals surface area contributed by atoms with Gasteiger partial charge in [0.2, 0.25) is 0 Å². The average Bonchev–Trinajstić information content (AvgIpc) is 3.13. The van der Waals surface area contributed by atoms with Crippen molar-refractivity contribution in [2.75, 3.05) is 13.2 Å². The van der Waals surface area contributed by atoms with Gasteiger partial charge in [0.15, 0.2) is 5.69 Å². The highest BCUT2D eigenvalue weighted by atomic mass is 79.9. The summed E-state index contributed by atoms with van der Waals surface area (Å²) in [6, 6.07) is 14.6. The zero-order chi connectivity index (χ0) is 21.3. The Bertz CT molecular complexity index is 1110. The van der Waals surface area contributed by atoms with E-state index in [4.69, 9.17) is 16.3 Å². The molecule has 2 heterocycles. The molecule has 30 heavy (non-hydrogen) atoms. The zero-order valence-corrected chi connectivity index (χ0v) is 18.6. The van der Waals surface area contributed by atoms with Crippen LogP contribution in [0.25, 0.3) is 5.69 Å². The number of carbonyl (C=O) groups excluding carboxylic acids is 2. The Labute approximate surface area is 187 Å². The van der Waals surface area contributed by atoms with Crippen LogP contribution in [0.4, 0.5) is 0 Å². The first-order chi connectivity index (χ1) is 14.5. The van der Waals surface area contributed by atoms with Gasteiger partial charge in [-0.2, -0.15) is 5.10 Å². The number of aromatic nitrogens is 2. The number of nitrogens with zero attached hydrogens (tertiary/aromatic N) is 3. The lowest BCUT2D eigenvalue weighted by molar-refractivity contribution is 0.0513. The molecule has 0 N–H and O–H groups in total. The summed E-state index contributed by atoms with van der Waals surface area (Å²) in [7, 11) is 0. The summed E-state index contributed by atoms with van der Waals surface area (Å²) in [5.74, 6) is -0.584. The lowest BCUT2D eigenvalue weighted by Gasteiger charge is -2.28. The van der Waals surface area contributed by atoms with Gasteiger partial charge in [0, 0.05) is 28.0 Å². The molecule has 1 aliphatic rings. The number of carbonyl (C=O) groups is 2. The van der Waals surface area contributed by atoms with Gasteiger partial charge in [-0.05, 0) is 59.3 Å². The molecule has 0 atom stereocenters. The van der Waals surface area contributed by atoms with Crippen molar-refractivity contribution >= 4 is 39.4 Å². The molecule has 0 saturated heterocycles. The number of amides is 1. The Balaban J connectivity index is 1.73. The van der Waals surface area contributed by atoms with Gasteiger partial charge in [-0.3, -0.25) is 4.79 Å². The number of rotatable bonds is 4. The molecule has 0 bridgehead atoms. The van der Waals surface area contributed by atoms with Crippen LogP contribution in [-0.4, -0.2) is 39.7 Å². The fourth-order valence-electron chi connectivity index (χ4n) is 3.56. The third kappa shape index (κ3) is 3.87. The SMILES string of the molecule is CCOC(=O)c1nn(-c2ccc(Cl)cc2)c2c1CN(C(=O)c1ccccc1Br)CC2. The van der Waals surface area contributed by atoms with Gasteiger partial charge in [-0.25, -0.2) is 9.48 Å². The molecule has 0 radical (unpaired) electrons. The van der Waals surface area contributed by atoms with Gasteiger partial charge < -0.3 is 9.64 Å². The molecular formula is C22H19BrClN3O3. The summed E-state index contributed by atoms with van der Waals surface area (Å²) in [6.07, 6.45) is 0.570. The van der Waals surface area contributed by atoms with E-state index in [1.165, 1.54) is 0 Å². The summed E-state index contributed by atoms with van der Waals surface area (Å²) in [5.41, 5.74) is 3.25. The Hall–Kier alpha value is -2.64. The zero-order valence-electron chi connectivity index (χ0n) is 16.3. The third-order valence-electron chi connectivity index (χ3n) is 4.99. The van der Waals surface area contributed by atoms with Crippen molar-refractivity contribution in [3.8, 4) is 5.69 Å². The number of hydrogen-bond donors (Lipinski definition) is 0. The molecule has 1 aromatic heterocycles. The first-order valence-electron chi connectivity index (χ1n) is 9.57. The van der Waals surface area contributed by atoms with Crippen molar-refractivity contribution in [3.05, 3.63) is 80.5 Å². The van der Waals surface area contributed by atoms with E-state index in [9.17, 15) is 9.59 Å². The third-order valence-corrected chi connectivity index (χ3v) is 5.93. The number of esters is 1. The van der Waals surface area contributed by atoms with Gasteiger partial charge in [0.05, 0.1) is 30.1 Å². The molecule has 0 fully saturated rings. The van der Waals surface area contributed by atoms with Crippen molar-refractivity contribution in [1.82, 2.24) is 14.7 Å². The van der Waals surface area contributed by atoms with Gasteiger partial charge in [0.1, 0.15) is 0 Å². The monoisotopic (exact) mass is 487 g/mol. The molecule has 1 amide bonds. The van der Waals surface area contributed by atoms with Gasteiger partial charge in [0.25, 0.3) is 5.91 Å². The lowest BCUT2D eigenvalue weighted by atomic mass is 10.0. The fourth-order valence-corrected chi connectivity index (χ4v) is 4.14. The van der Waals surface area contributed by atoms with E-state index in [-0.39, 0.29) is 24.8 Å². The Morgan fingerprint density at radius 2 is 1.90 bits per heavy atom. The second-order valence-corrected chi connectivity index (χ2v) is 8.13. The van der Waals surface area contributed by atoms with Crippen LogP contribution in [0.2, 0.25) is 5.02 Å². The number of ether oxygens (including phenoxy) is 1. The Kier molecular flexibility index (Phi) is 5.92. The molecule has 1 aliphatic heterocycles. The van der Waals surface area contributed by atoms with Crippen molar-refractivity contribution in [2.45, 2.75) is 19.9 Å². The smallest absolute Gasteiger partial charge is 0.359 e. The normalized spacial score (nSPS) is 13.1. The number of fused-ring (bicyclic) bond motifs is 1. The topological polar surface area (TPSA) is 64.4 Å². The van der Waals surface area contributed by atoms with E-state index >= 15 is 0 Å². The number of benzene rings is 2. The molecule has 2 aromatic carbocycles. The largest absolute Gasteiger partial charge is 0.461 e. The van der Waals surface area contributed by atoms with Crippen LogP contribution >= 0.6 is 27.5 Å². The molecule has 6 nitrogen and oxygen atoms in total. The van der Waals surface area contributed by atoms with E-state index in [2.05, 4.69) is 21.0 Å². The van der Waals surface area contributed by atoms with Crippen LogP contribution in [0, 0.1) is 0 Å².